The molecule has 1 aliphatic heterocycles. The van der Waals surface area contributed by atoms with Crippen LogP contribution < -0.4 is 0 Å². The molecule has 3 aromatic rings. The minimum absolute atomic E-state index is 0.00510. The van der Waals surface area contributed by atoms with E-state index in [2.05, 4.69) is 9.97 Å². The maximum Gasteiger partial charge on any atom is 0.295 e. The minimum atomic E-state index is -0.776. The van der Waals surface area contributed by atoms with Crippen LogP contribution in [0, 0.1) is 0 Å². The van der Waals surface area contributed by atoms with E-state index in [1.165, 1.54) is 31.3 Å². The second-order valence-electron chi connectivity index (χ2n) is 7.68. The van der Waals surface area contributed by atoms with Gasteiger partial charge in [-0.05, 0) is 18.2 Å². The van der Waals surface area contributed by atoms with Gasteiger partial charge in [0.15, 0.2) is 0 Å². The van der Waals surface area contributed by atoms with Crippen molar-refractivity contribution in [1.29, 1.82) is 0 Å². The Bertz CT molecular complexity index is 1270. The highest BCUT2D eigenvalue weighted by molar-refractivity contribution is 6.45. The molecule has 190 valence electrons. The van der Waals surface area contributed by atoms with Gasteiger partial charge in [-0.1, -0.05) is 43.6 Å². The van der Waals surface area contributed by atoms with Crippen molar-refractivity contribution in [3.8, 4) is 0 Å². The standard InChI is InChI=1S/C23H22ClN5O5.C2H6/c1-27(34-2)22(32)15-12-17(24)26-19-16(13-25-18(15)19)20(30)23(33)29-10-8-28(9-11-29)21(31)14-6-4-3-5-7-14;1-2/h3-7,12-13,25H,8-11H2,1-2H3;1-2H3. The Hall–Kier alpha value is -3.76. The van der Waals surface area contributed by atoms with Gasteiger partial charge in [-0.3, -0.25) is 24.0 Å². The number of hydroxylamine groups is 2. The summed E-state index contributed by atoms with van der Waals surface area (Å²) in [7, 11) is 2.77. The summed E-state index contributed by atoms with van der Waals surface area (Å²) in [5.41, 5.74) is 1.13. The third-order valence-corrected chi connectivity index (χ3v) is 5.90. The number of nitrogens with zero attached hydrogens (tertiary/aromatic N) is 4. The van der Waals surface area contributed by atoms with E-state index in [-0.39, 0.29) is 46.3 Å². The van der Waals surface area contributed by atoms with Crippen LogP contribution in [-0.2, 0) is 9.63 Å². The molecule has 1 fully saturated rings. The molecule has 10 nitrogen and oxygen atoms in total. The number of Topliss-reactive ketones (excluding diaryl/α,β-unsaturated/α-hetero) is 1. The Balaban J connectivity index is 0.00000176. The first-order valence-corrected chi connectivity index (χ1v) is 11.9. The third-order valence-electron chi connectivity index (χ3n) is 5.71. The summed E-state index contributed by atoms with van der Waals surface area (Å²) in [6.45, 7) is 5.07. The lowest BCUT2D eigenvalue weighted by Gasteiger charge is -2.34. The number of nitrogens with one attached hydrogen (secondary N) is 1. The van der Waals surface area contributed by atoms with E-state index in [4.69, 9.17) is 16.4 Å². The van der Waals surface area contributed by atoms with Crippen LogP contribution >= 0.6 is 11.6 Å². The average Bonchev–Trinajstić information content (AvgIpc) is 3.35. The first kappa shape index (κ1) is 26.8. The lowest BCUT2D eigenvalue weighted by atomic mass is 10.1. The number of carbonyl (C=O) groups excluding carboxylic acids is 4. The molecule has 0 bridgehead atoms. The van der Waals surface area contributed by atoms with Crippen LogP contribution in [0.15, 0.2) is 42.6 Å². The number of hydrogen-bond donors (Lipinski definition) is 1. The second-order valence-corrected chi connectivity index (χ2v) is 8.07. The van der Waals surface area contributed by atoms with Gasteiger partial charge in [-0.15, -0.1) is 0 Å². The average molecular weight is 514 g/mol. The number of benzene rings is 1. The highest BCUT2D eigenvalue weighted by Crippen LogP contribution is 2.25. The molecule has 2 aromatic heterocycles. The van der Waals surface area contributed by atoms with Gasteiger partial charge >= 0.3 is 0 Å². The van der Waals surface area contributed by atoms with E-state index < -0.39 is 17.6 Å². The maximum atomic E-state index is 13.0. The lowest BCUT2D eigenvalue weighted by molar-refractivity contribution is -0.127. The minimum Gasteiger partial charge on any atom is -0.358 e. The van der Waals surface area contributed by atoms with Gasteiger partial charge in [0.1, 0.15) is 10.7 Å². The number of rotatable bonds is 5. The summed E-state index contributed by atoms with van der Waals surface area (Å²) in [6.07, 6.45) is 1.34. The van der Waals surface area contributed by atoms with Crippen molar-refractivity contribution in [2.75, 3.05) is 40.3 Å². The summed E-state index contributed by atoms with van der Waals surface area (Å²) in [5.74, 6) is -2.10. The third kappa shape index (κ3) is 5.39. The Labute approximate surface area is 213 Å². The van der Waals surface area contributed by atoms with Crippen LogP contribution in [0.4, 0.5) is 0 Å². The van der Waals surface area contributed by atoms with Crippen LogP contribution in [0.5, 0.6) is 0 Å². The molecule has 1 aliphatic rings. The van der Waals surface area contributed by atoms with Crippen LogP contribution in [0.1, 0.15) is 44.9 Å². The topological polar surface area (TPSA) is 116 Å². The van der Waals surface area contributed by atoms with Crippen LogP contribution in [0.25, 0.3) is 11.0 Å². The molecular formula is C25H28ClN5O5. The Morgan fingerprint density at radius 3 is 2.22 bits per heavy atom. The van der Waals surface area contributed by atoms with Gasteiger partial charge in [0.25, 0.3) is 23.5 Å². The summed E-state index contributed by atoms with van der Waals surface area (Å²) in [4.78, 5) is 66.2. The summed E-state index contributed by atoms with van der Waals surface area (Å²) in [6, 6.07) is 10.3. The van der Waals surface area contributed by atoms with Crippen molar-refractivity contribution in [3.63, 3.8) is 0 Å². The zero-order valence-corrected chi connectivity index (χ0v) is 21.3. The SMILES string of the molecule is CC.CON(C)C(=O)c1cc(Cl)nc2c(C(=O)C(=O)N3CCN(C(=O)c4ccccc4)CC3)c[nH]c12. The van der Waals surface area contributed by atoms with Gasteiger partial charge in [-0.2, -0.15) is 0 Å². The van der Waals surface area contributed by atoms with E-state index in [0.29, 0.717) is 18.7 Å². The van der Waals surface area contributed by atoms with E-state index >= 15 is 0 Å². The molecule has 0 unspecified atom stereocenters. The van der Waals surface area contributed by atoms with Crippen molar-refractivity contribution < 1.29 is 24.0 Å². The number of ketones is 1. The zero-order valence-electron chi connectivity index (χ0n) is 20.6. The molecule has 3 heterocycles. The monoisotopic (exact) mass is 513 g/mol. The van der Waals surface area contributed by atoms with Crippen molar-refractivity contribution >= 4 is 46.1 Å². The van der Waals surface area contributed by atoms with Crippen LogP contribution in [-0.4, -0.2) is 88.7 Å². The number of fused-ring (bicyclic) bond motifs is 1. The van der Waals surface area contributed by atoms with Crippen molar-refractivity contribution in [2.24, 2.45) is 0 Å². The first-order valence-electron chi connectivity index (χ1n) is 11.5. The number of carbonyl (C=O) groups is 4. The van der Waals surface area contributed by atoms with Crippen LogP contribution in [0.3, 0.4) is 0 Å². The molecular weight excluding hydrogens is 486 g/mol. The van der Waals surface area contributed by atoms with Crippen molar-refractivity contribution in [1.82, 2.24) is 24.8 Å². The number of halogens is 1. The summed E-state index contributed by atoms with van der Waals surface area (Å²) < 4.78 is 0. The number of amides is 3. The van der Waals surface area contributed by atoms with Crippen molar-refractivity contribution in [3.05, 3.63) is 64.4 Å². The van der Waals surface area contributed by atoms with Gasteiger partial charge in [0.05, 0.1) is 23.8 Å². The fourth-order valence-electron chi connectivity index (χ4n) is 3.80. The van der Waals surface area contributed by atoms with E-state index in [1.807, 2.05) is 19.9 Å². The summed E-state index contributed by atoms with van der Waals surface area (Å²) >= 11 is 6.09. The largest absolute Gasteiger partial charge is 0.358 e. The Morgan fingerprint density at radius 2 is 1.61 bits per heavy atom. The molecule has 0 radical (unpaired) electrons. The number of aromatic nitrogens is 2. The van der Waals surface area contributed by atoms with E-state index in [0.717, 1.165) is 5.06 Å². The molecule has 1 aromatic carbocycles. The quantitative estimate of drug-likeness (QED) is 0.242. The van der Waals surface area contributed by atoms with E-state index in [9.17, 15) is 19.2 Å². The number of aromatic amines is 1. The molecule has 4 rings (SSSR count). The molecule has 1 N–H and O–H groups in total. The highest BCUT2D eigenvalue weighted by Gasteiger charge is 2.31. The molecule has 11 heteroatoms. The lowest BCUT2D eigenvalue weighted by Crippen LogP contribution is -2.52. The normalized spacial score (nSPS) is 13.1. The van der Waals surface area contributed by atoms with Gasteiger partial charge < -0.3 is 14.8 Å². The number of hydrogen-bond acceptors (Lipinski definition) is 6. The van der Waals surface area contributed by atoms with Gasteiger partial charge in [-0.25, -0.2) is 10.0 Å². The predicted octanol–water partition coefficient (Wildman–Crippen LogP) is 3.04. The highest BCUT2D eigenvalue weighted by atomic mass is 35.5. The van der Waals surface area contributed by atoms with Crippen LogP contribution in [0.2, 0.25) is 5.15 Å². The Morgan fingerprint density at radius 1 is 1.00 bits per heavy atom. The number of pyridine rings is 1. The molecule has 3 amide bonds. The molecule has 1 saturated heterocycles. The van der Waals surface area contributed by atoms with Crippen molar-refractivity contribution in [2.45, 2.75) is 13.8 Å². The fraction of sp³-hybridized carbons (Fsp3) is 0.320. The van der Waals surface area contributed by atoms with E-state index in [1.54, 1.807) is 29.2 Å². The van der Waals surface area contributed by atoms with Gasteiger partial charge in [0, 0.05) is 45.0 Å². The zero-order chi connectivity index (χ0) is 26.4. The van der Waals surface area contributed by atoms with Gasteiger partial charge in [0.2, 0.25) is 0 Å². The molecule has 36 heavy (non-hydrogen) atoms. The Kier molecular flexibility index (Phi) is 8.78. The predicted molar refractivity (Wildman–Crippen MR) is 135 cm³/mol. The number of piperazine rings is 1. The molecule has 0 atom stereocenters. The molecule has 0 spiro atoms. The fourth-order valence-corrected chi connectivity index (χ4v) is 3.99. The number of H-pyrrole nitrogens is 1. The second kappa shape index (κ2) is 11.8. The smallest absolute Gasteiger partial charge is 0.295 e. The summed E-state index contributed by atoms with van der Waals surface area (Å²) in [5, 5.41) is 1.00. The maximum absolute atomic E-state index is 13.0. The first-order chi connectivity index (χ1) is 17.3. The molecule has 0 aliphatic carbocycles. The molecule has 0 saturated carbocycles.